The van der Waals surface area contributed by atoms with Crippen molar-refractivity contribution < 1.29 is 9.59 Å². The number of amides is 2. The van der Waals surface area contributed by atoms with Crippen LogP contribution in [0.1, 0.15) is 20.7 Å². The van der Waals surface area contributed by atoms with E-state index in [1.165, 1.54) is 6.07 Å². The number of hydrogen-bond donors (Lipinski definition) is 3. The Balaban J connectivity index is 2.17. The standard InChI is InChI=1S/C14H12N2O2S/c15-13(17)10-2-1-3-11(8-10)16-14(18)9-4-6-12(19)7-5-9/h1-8,19H,(H2,15,17)(H,16,18). The second-order valence-electron chi connectivity index (χ2n) is 3.95. The molecule has 0 radical (unpaired) electrons. The number of benzene rings is 2. The summed E-state index contributed by atoms with van der Waals surface area (Å²) in [7, 11) is 0. The molecule has 0 spiro atoms. The molecule has 0 heterocycles. The fourth-order valence-electron chi connectivity index (χ4n) is 1.57. The number of hydrogen-bond acceptors (Lipinski definition) is 3. The topological polar surface area (TPSA) is 72.2 Å². The summed E-state index contributed by atoms with van der Waals surface area (Å²) in [4.78, 5) is 23.8. The lowest BCUT2D eigenvalue weighted by Crippen LogP contribution is -2.14. The quantitative estimate of drug-likeness (QED) is 0.750. The molecule has 0 aliphatic heterocycles. The Morgan fingerprint density at radius 3 is 2.32 bits per heavy atom. The maximum Gasteiger partial charge on any atom is 0.255 e. The zero-order valence-corrected chi connectivity index (χ0v) is 10.9. The lowest BCUT2D eigenvalue weighted by atomic mass is 10.1. The molecular formula is C14H12N2O2S. The van der Waals surface area contributed by atoms with Gasteiger partial charge >= 0.3 is 0 Å². The van der Waals surface area contributed by atoms with E-state index in [9.17, 15) is 9.59 Å². The molecule has 0 aromatic heterocycles. The van der Waals surface area contributed by atoms with Crippen LogP contribution in [0, 0.1) is 0 Å². The first-order valence-electron chi connectivity index (χ1n) is 5.56. The molecule has 19 heavy (non-hydrogen) atoms. The molecule has 0 saturated heterocycles. The van der Waals surface area contributed by atoms with Gasteiger partial charge in [0, 0.05) is 21.7 Å². The van der Waals surface area contributed by atoms with Crippen LogP contribution in [0.4, 0.5) is 5.69 Å². The van der Waals surface area contributed by atoms with Gasteiger partial charge in [0.1, 0.15) is 0 Å². The van der Waals surface area contributed by atoms with Gasteiger partial charge in [-0.2, -0.15) is 0 Å². The Morgan fingerprint density at radius 2 is 1.68 bits per heavy atom. The van der Waals surface area contributed by atoms with Crippen molar-refractivity contribution in [1.29, 1.82) is 0 Å². The predicted molar refractivity (Wildman–Crippen MR) is 76.6 cm³/mol. The predicted octanol–water partition coefficient (Wildman–Crippen LogP) is 2.33. The summed E-state index contributed by atoms with van der Waals surface area (Å²) in [6, 6.07) is 13.3. The molecule has 0 fully saturated rings. The van der Waals surface area contributed by atoms with Crippen molar-refractivity contribution in [1.82, 2.24) is 0 Å². The molecule has 2 aromatic carbocycles. The van der Waals surface area contributed by atoms with Crippen molar-refractivity contribution >= 4 is 30.1 Å². The molecule has 4 nitrogen and oxygen atoms in total. The van der Waals surface area contributed by atoms with Gasteiger partial charge in [-0.05, 0) is 42.5 Å². The number of nitrogens with two attached hydrogens (primary N) is 1. The summed E-state index contributed by atoms with van der Waals surface area (Å²) in [6.45, 7) is 0. The fourth-order valence-corrected chi connectivity index (χ4v) is 1.72. The van der Waals surface area contributed by atoms with Gasteiger partial charge in [0.05, 0.1) is 0 Å². The average molecular weight is 272 g/mol. The molecule has 2 amide bonds. The number of carbonyl (C=O) groups is 2. The summed E-state index contributed by atoms with van der Waals surface area (Å²) in [5, 5.41) is 2.70. The summed E-state index contributed by atoms with van der Waals surface area (Å²) in [5.74, 6) is -0.787. The summed E-state index contributed by atoms with van der Waals surface area (Å²) < 4.78 is 0. The van der Waals surface area contributed by atoms with Crippen molar-refractivity contribution in [3.63, 3.8) is 0 Å². The monoisotopic (exact) mass is 272 g/mol. The van der Waals surface area contributed by atoms with Crippen LogP contribution >= 0.6 is 12.6 Å². The van der Waals surface area contributed by atoms with Gasteiger partial charge in [0.15, 0.2) is 0 Å². The Kier molecular flexibility index (Phi) is 3.87. The van der Waals surface area contributed by atoms with Crippen LogP contribution in [-0.2, 0) is 0 Å². The van der Waals surface area contributed by atoms with E-state index in [1.54, 1.807) is 42.5 Å². The highest BCUT2D eigenvalue weighted by Gasteiger charge is 2.07. The van der Waals surface area contributed by atoms with E-state index in [2.05, 4.69) is 17.9 Å². The van der Waals surface area contributed by atoms with E-state index in [0.717, 1.165) is 4.90 Å². The minimum absolute atomic E-state index is 0.255. The maximum atomic E-state index is 12.0. The average Bonchev–Trinajstić information content (AvgIpc) is 2.39. The smallest absolute Gasteiger partial charge is 0.255 e. The lowest BCUT2D eigenvalue weighted by molar-refractivity contribution is 0.0996. The van der Waals surface area contributed by atoms with E-state index in [-0.39, 0.29) is 5.91 Å². The fraction of sp³-hybridized carbons (Fsp3) is 0. The van der Waals surface area contributed by atoms with Gasteiger partial charge in [-0.1, -0.05) is 6.07 Å². The highest BCUT2D eigenvalue weighted by molar-refractivity contribution is 7.80. The molecule has 96 valence electrons. The van der Waals surface area contributed by atoms with E-state index in [4.69, 9.17) is 5.73 Å². The third-order valence-corrected chi connectivity index (χ3v) is 2.83. The van der Waals surface area contributed by atoms with Crippen molar-refractivity contribution in [3.8, 4) is 0 Å². The van der Waals surface area contributed by atoms with E-state index in [1.807, 2.05) is 0 Å². The normalized spacial score (nSPS) is 9.95. The van der Waals surface area contributed by atoms with E-state index < -0.39 is 5.91 Å². The maximum absolute atomic E-state index is 12.0. The highest BCUT2D eigenvalue weighted by Crippen LogP contribution is 2.13. The SMILES string of the molecule is NC(=O)c1cccc(NC(=O)c2ccc(S)cc2)c1. The number of carbonyl (C=O) groups excluding carboxylic acids is 2. The molecule has 0 unspecified atom stereocenters. The van der Waals surface area contributed by atoms with Crippen molar-refractivity contribution in [2.45, 2.75) is 4.90 Å². The molecule has 0 bridgehead atoms. The molecule has 0 saturated carbocycles. The number of rotatable bonds is 3. The van der Waals surface area contributed by atoms with Crippen LogP contribution in [0.25, 0.3) is 0 Å². The number of primary amides is 1. The Morgan fingerprint density at radius 1 is 1.00 bits per heavy atom. The Labute approximate surface area is 116 Å². The Bertz CT molecular complexity index is 624. The summed E-state index contributed by atoms with van der Waals surface area (Å²) in [6.07, 6.45) is 0. The van der Waals surface area contributed by atoms with Gasteiger partial charge in [-0.15, -0.1) is 12.6 Å². The van der Waals surface area contributed by atoms with Crippen LogP contribution in [-0.4, -0.2) is 11.8 Å². The first-order chi connectivity index (χ1) is 9.06. The minimum Gasteiger partial charge on any atom is -0.366 e. The number of nitrogens with one attached hydrogen (secondary N) is 1. The minimum atomic E-state index is -0.532. The molecule has 3 N–H and O–H groups in total. The van der Waals surface area contributed by atoms with Crippen LogP contribution in [0.5, 0.6) is 0 Å². The molecule has 5 heteroatoms. The van der Waals surface area contributed by atoms with Crippen molar-refractivity contribution in [2.75, 3.05) is 5.32 Å². The first kappa shape index (κ1) is 13.2. The molecular weight excluding hydrogens is 260 g/mol. The third kappa shape index (κ3) is 3.35. The summed E-state index contributed by atoms with van der Waals surface area (Å²) in [5.41, 5.74) is 6.57. The van der Waals surface area contributed by atoms with E-state index >= 15 is 0 Å². The summed E-state index contributed by atoms with van der Waals surface area (Å²) >= 11 is 4.15. The van der Waals surface area contributed by atoms with Crippen LogP contribution in [0.15, 0.2) is 53.4 Å². The zero-order valence-electron chi connectivity index (χ0n) is 9.96. The third-order valence-electron chi connectivity index (χ3n) is 2.53. The lowest BCUT2D eigenvalue weighted by Gasteiger charge is -2.06. The second-order valence-corrected chi connectivity index (χ2v) is 4.46. The van der Waals surface area contributed by atoms with Crippen molar-refractivity contribution in [3.05, 3.63) is 59.7 Å². The zero-order chi connectivity index (χ0) is 13.8. The van der Waals surface area contributed by atoms with Crippen molar-refractivity contribution in [2.24, 2.45) is 5.73 Å². The number of anilines is 1. The molecule has 2 aromatic rings. The molecule has 0 aliphatic rings. The van der Waals surface area contributed by atoms with Gasteiger partial charge in [-0.25, -0.2) is 0 Å². The van der Waals surface area contributed by atoms with E-state index in [0.29, 0.717) is 16.8 Å². The molecule has 2 rings (SSSR count). The Hall–Kier alpha value is -2.27. The second kappa shape index (κ2) is 5.58. The highest BCUT2D eigenvalue weighted by atomic mass is 32.1. The number of thiol groups is 1. The van der Waals surface area contributed by atoms with Gasteiger partial charge in [0.25, 0.3) is 5.91 Å². The van der Waals surface area contributed by atoms with Gasteiger partial charge in [0.2, 0.25) is 5.91 Å². The largest absolute Gasteiger partial charge is 0.366 e. The molecule has 0 atom stereocenters. The van der Waals surface area contributed by atoms with Crippen LogP contribution in [0.3, 0.4) is 0 Å². The molecule has 0 aliphatic carbocycles. The van der Waals surface area contributed by atoms with Gasteiger partial charge < -0.3 is 11.1 Å². The van der Waals surface area contributed by atoms with Crippen LogP contribution < -0.4 is 11.1 Å². The van der Waals surface area contributed by atoms with Crippen LogP contribution in [0.2, 0.25) is 0 Å². The van der Waals surface area contributed by atoms with Gasteiger partial charge in [-0.3, -0.25) is 9.59 Å². The first-order valence-corrected chi connectivity index (χ1v) is 6.01.